The number of nitrogens with one attached hydrogen (secondary N) is 2. The molecule has 0 unspecified atom stereocenters. The maximum Gasteiger partial charge on any atom is 0.261 e. The number of fused-ring (bicyclic) bond motifs is 1. The number of aryl methyl sites for hydroxylation is 1. The first-order valence-electron chi connectivity index (χ1n) is 9.58. The zero-order valence-corrected chi connectivity index (χ0v) is 18.5. The first-order valence-corrected chi connectivity index (χ1v) is 11.4. The summed E-state index contributed by atoms with van der Waals surface area (Å²) in [4.78, 5) is 12.3. The maximum absolute atomic E-state index is 12.6. The standard InChI is InChI=1S/C23H19ClN2O5S/c1-15-2-5-18(13-20(15)24)26-32(28,29)19-8-6-17(7-9-19)25-23(27)11-4-16-3-10-21-22(12-16)31-14-30-21/h2-13,26H,14H2,1H3,(H,25,27)/b11-4+. The van der Waals surface area contributed by atoms with E-state index in [4.69, 9.17) is 21.1 Å². The van der Waals surface area contributed by atoms with Crippen molar-refractivity contribution >= 4 is 45.0 Å². The molecule has 0 bridgehead atoms. The van der Waals surface area contributed by atoms with E-state index in [-0.39, 0.29) is 17.6 Å². The predicted octanol–water partition coefficient (Wildman–Crippen LogP) is 4.83. The smallest absolute Gasteiger partial charge is 0.261 e. The molecule has 1 aliphatic rings. The molecule has 4 rings (SSSR count). The summed E-state index contributed by atoms with van der Waals surface area (Å²) < 4.78 is 38.3. The zero-order valence-electron chi connectivity index (χ0n) is 17.0. The fraction of sp³-hybridized carbons (Fsp3) is 0.0870. The summed E-state index contributed by atoms with van der Waals surface area (Å²) >= 11 is 6.06. The van der Waals surface area contributed by atoms with Crippen LogP contribution >= 0.6 is 11.6 Å². The van der Waals surface area contributed by atoms with Crippen LogP contribution in [0, 0.1) is 6.92 Å². The first kappa shape index (κ1) is 21.7. The number of sulfonamides is 1. The van der Waals surface area contributed by atoms with Crippen LogP contribution in [0.3, 0.4) is 0 Å². The van der Waals surface area contributed by atoms with E-state index < -0.39 is 10.0 Å². The van der Waals surface area contributed by atoms with Crippen LogP contribution in [0.15, 0.2) is 71.6 Å². The van der Waals surface area contributed by atoms with Crippen LogP contribution in [0.2, 0.25) is 5.02 Å². The van der Waals surface area contributed by atoms with E-state index in [9.17, 15) is 13.2 Å². The number of hydrogen-bond donors (Lipinski definition) is 2. The summed E-state index contributed by atoms with van der Waals surface area (Å²) in [6, 6.07) is 16.1. The molecule has 2 N–H and O–H groups in total. The number of anilines is 2. The van der Waals surface area contributed by atoms with Crippen molar-refractivity contribution in [3.63, 3.8) is 0 Å². The monoisotopic (exact) mass is 470 g/mol. The molecule has 7 nitrogen and oxygen atoms in total. The predicted molar refractivity (Wildman–Crippen MR) is 124 cm³/mol. The molecule has 0 radical (unpaired) electrons. The second kappa shape index (κ2) is 8.94. The Morgan fingerprint density at radius 3 is 2.44 bits per heavy atom. The molecule has 0 aliphatic carbocycles. The highest BCUT2D eigenvalue weighted by Crippen LogP contribution is 2.32. The fourth-order valence-electron chi connectivity index (χ4n) is 2.96. The molecular formula is C23H19ClN2O5S. The Hall–Kier alpha value is -3.49. The summed E-state index contributed by atoms with van der Waals surface area (Å²) in [6.07, 6.45) is 3.03. The van der Waals surface area contributed by atoms with Gasteiger partial charge in [-0.05, 0) is 72.7 Å². The molecule has 1 heterocycles. The van der Waals surface area contributed by atoms with E-state index >= 15 is 0 Å². The average molecular weight is 471 g/mol. The van der Waals surface area contributed by atoms with E-state index in [0.29, 0.717) is 27.9 Å². The zero-order chi connectivity index (χ0) is 22.7. The Morgan fingerprint density at radius 1 is 0.969 bits per heavy atom. The summed E-state index contributed by atoms with van der Waals surface area (Å²) in [6.45, 7) is 2.01. The van der Waals surface area contributed by atoms with Crippen molar-refractivity contribution in [3.05, 3.63) is 82.9 Å². The number of carbonyl (C=O) groups is 1. The van der Waals surface area contributed by atoms with Gasteiger partial charge in [-0.25, -0.2) is 8.42 Å². The van der Waals surface area contributed by atoms with E-state index in [0.717, 1.165) is 11.1 Å². The fourth-order valence-corrected chi connectivity index (χ4v) is 4.19. The Kier molecular flexibility index (Phi) is 6.07. The average Bonchev–Trinajstić information content (AvgIpc) is 3.23. The number of halogens is 1. The van der Waals surface area contributed by atoms with Gasteiger partial charge in [-0.15, -0.1) is 0 Å². The van der Waals surface area contributed by atoms with Gasteiger partial charge in [0.25, 0.3) is 10.0 Å². The molecule has 0 spiro atoms. The molecule has 1 aliphatic heterocycles. The number of amides is 1. The Labute approximate surface area is 190 Å². The third-order valence-electron chi connectivity index (χ3n) is 4.68. The van der Waals surface area contributed by atoms with E-state index in [2.05, 4.69) is 10.0 Å². The van der Waals surface area contributed by atoms with Gasteiger partial charge in [0.1, 0.15) is 0 Å². The summed E-state index contributed by atoms with van der Waals surface area (Å²) in [5.41, 5.74) is 2.46. The van der Waals surface area contributed by atoms with E-state index in [1.54, 1.807) is 36.4 Å². The van der Waals surface area contributed by atoms with Gasteiger partial charge in [0, 0.05) is 16.8 Å². The summed E-state index contributed by atoms with van der Waals surface area (Å²) in [5, 5.41) is 3.16. The molecular weight excluding hydrogens is 452 g/mol. The Bertz CT molecular complexity index is 1300. The molecule has 9 heteroatoms. The van der Waals surface area contributed by atoms with Crippen molar-refractivity contribution in [3.8, 4) is 11.5 Å². The lowest BCUT2D eigenvalue weighted by atomic mass is 10.2. The van der Waals surface area contributed by atoms with Gasteiger partial charge >= 0.3 is 0 Å². The van der Waals surface area contributed by atoms with Crippen LogP contribution in [0.5, 0.6) is 11.5 Å². The maximum atomic E-state index is 12.6. The number of carbonyl (C=O) groups excluding carboxylic acids is 1. The van der Waals surface area contributed by atoms with Crippen molar-refractivity contribution in [2.24, 2.45) is 0 Å². The largest absolute Gasteiger partial charge is 0.454 e. The molecule has 0 aromatic heterocycles. The van der Waals surface area contributed by atoms with Crippen molar-refractivity contribution in [2.45, 2.75) is 11.8 Å². The van der Waals surface area contributed by atoms with Crippen LogP contribution in [-0.4, -0.2) is 21.1 Å². The van der Waals surface area contributed by atoms with Gasteiger partial charge in [0.2, 0.25) is 12.7 Å². The highest BCUT2D eigenvalue weighted by molar-refractivity contribution is 7.92. The highest BCUT2D eigenvalue weighted by Gasteiger charge is 2.15. The molecule has 0 atom stereocenters. The second-order valence-corrected chi connectivity index (χ2v) is 9.12. The molecule has 32 heavy (non-hydrogen) atoms. The minimum Gasteiger partial charge on any atom is -0.454 e. The molecule has 1 amide bonds. The van der Waals surface area contributed by atoms with Crippen LogP contribution < -0.4 is 19.5 Å². The van der Waals surface area contributed by atoms with Crippen LogP contribution in [-0.2, 0) is 14.8 Å². The highest BCUT2D eigenvalue weighted by atomic mass is 35.5. The first-order chi connectivity index (χ1) is 15.3. The lowest BCUT2D eigenvalue weighted by Crippen LogP contribution is -2.13. The van der Waals surface area contributed by atoms with E-state index in [1.807, 2.05) is 13.0 Å². The molecule has 0 saturated carbocycles. The van der Waals surface area contributed by atoms with Crippen LogP contribution in [0.25, 0.3) is 6.08 Å². The summed E-state index contributed by atoms with van der Waals surface area (Å²) in [5.74, 6) is 0.943. The van der Waals surface area contributed by atoms with Gasteiger partial charge in [-0.3, -0.25) is 9.52 Å². The number of hydrogen-bond acceptors (Lipinski definition) is 5. The molecule has 0 saturated heterocycles. The van der Waals surface area contributed by atoms with Crippen LogP contribution in [0.1, 0.15) is 11.1 Å². The van der Waals surface area contributed by atoms with Gasteiger partial charge in [-0.1, -0.05) is 23.7 Å². The second-order valence-electron chi connectivity index (χ2n) is 7.03. The van der Waals surface area contributed by atoms with Crippen LogP contribution in [0.4, 0.5) is 11.4 Å². The summed E-state index contributed by atoms with van der Waals surface area (Å²) in [7, 11) is -3.80. The third kappa shape index (κ3) is 5.04. The lowest BCUT2D eigenvalue weighted by molar-refractivity contribution is -0.111. The van der Waals surface area contributed by atoms with Gasteiger partial charge in [-0.2, -0.15) is 0 Å². The Morgan fingerprint density at radius 2 is 1.69 bits per heavy atom. The van der Waals surface area contributed by atoms with Crippen molar-refractivity contribution < 1.29 is 22.7 Å². The minimum absolute atomic E-state index is 0.0584. The van der Waals surface area contributed by atoms with Crippen molar-refractivity contribution in [1.82, 2.24) is 0 Å². The number of benzene rings is 3. The number of rotatable bonds is 6. The molecule has 3 aromatic carbocycles. The SMILES string of the molecule is Cc1ccc(NS(=O)(=O)c2ccc(NC(=O)/C=C/c3ccc4c(c3)OCO4)cc2)cc1Cl. The quantitative estimate of drug-likeness (QED) is 0.503. The van der Waals surface area contributed by atoms with Gasteiger partial charge < -0.3 is 14.8 Å². The topological polar surface area (TPSA) is 93.7 Å². The van der Waals surface area contributed by atoms with E-state index in [1.165, 1.54) is 30.3 Å². The minimum atomic E-state index is -3.80. The lowest BCUT2D eigenvalue weighted by Gasteiger charge is -2.10. The Balaban J connectivity index is 1.39. The third-order valence-corrected chi connectivity index (χ3v) is 6.48. The molecule has 3 aromatic rings. The molecule has 0 fully saturated rings. The normalized spacial score (nSPS) is 12.7. The molecule has 164 valence electrons. The van der Waals surface area contributed by atoms with Crippen molar-refractivity contribution in [2.75, 3.05) is 16.8 Å². The number of ether oxygens (including phenoxy) is 2. The van der Waals surface area contributed by atoms with Gasteiger partial charge in [0.15, 0.2) is 11.5 Å². The van der Waals surface area contributed by atoms with Gasteiger partial charge in [0.05, 0.1) is 10.6 Å². The van der Waals surface area contributed by atoms with Crippen molar-refractivity contribution in [1.29, 1.82) is 0 Å².